The first kappa shape index (κ1) is 21.0. The van der Waals surface area contributed by atoms with Crippen molar-refractivity contribution in [3.63, 3.8) is 0 Å². The average molecular weight is 412 g/mol. The first-order valence-electron chi connectivity index (χ1n) is 9.50. The van der Waals surface area contributed by atoms with Crippen LogP contribution in [0.4, 0.5) is 0 Å². The molecule has 152 valence electrons. The number of methoxy groups -OCH3 is 1. The fourth-order valence-electron chi connectivity index (χ4n) is 3.45. The largest absolute Gasteiger partial charge is 0.468 e. The number of carbonyl (C=O) groups is 1. The van der Waals surface area contributed by atoms with Crippen molar-refractivity contribution in [2.24, 2.45) is 0 Å². The Hall–Kier alpha value is -2.70. The molecule has 1 aliphatic heterocycles. The first-order valence-corrected chi connectivity index (χ1v) is 11.0. The molecule has 0 spiro atoms. The molecule has 0 bridgehead atoms. The molecule has 0 N–H and O–H groups in total. The molecule has 0 aromatic heterocycles. The van der Waals surface area contributed by atoms with Gasteiger partial charge < -0.3 is 4.74 Å². The molecule has 2 aromatic carbocycles. The number of carbonyl (C=O) groups excluding carboxylic acids is 1. The van der Waals surface area contributed by atoms with Gasteiger partial charge in [0.05, 0.1) is 7.11 Å². The normalized spacial score (nSPS) is 16.0. The molecule has 0 saturated carbocycles. The summed E-state index contributed by atoms with van der Waals surface area (Å²) in [5, 5.41) is -1.25. The van der Waals surface area contributed by atoms with Gasteiger partial charge in [0, 0.05) is 13.1 Å². The van der Waals surface area contributed by atoms with Crippen molar-refractivity contribution in [3.05, 3.63) is 78.9 Å². The molecule has 1 aliphatic rings. The fourth-order valence-corrected chi connectivity index (χ4v) is 5.16. The molecular weight excluding hydrogens is 386 g/mol. The predicted molar refractivity (Wildman–Crippen MR) is 116 cm³/mol. The first-order chi connectivity index (χ1) is 14.0. The Balaban J connectivity index is 1.75. The molecule has 1 atom stereocenters. The SMILES string of the molecule is C=CC[C@@H](C(=O)OC)S(=O)(=O)N1CC=C(c2ccc(-c3ccccc3)cc2)CC1. The highest BCUT2D eigenvalue weighted by Crippen LogP contribution is 2.28. The van der Waals surface area contributed by atoms with E-state index in [4.69, 9.17) is 0 Å². The summed E-state index contributed by atoms with van der Waals surface area (Å²) in [5.41, 5.74) is 4.48. The Morgan fingerprint density at radius 2 is 1.72 bits per heavy atom. The maximum atomic E-state index is 12.9. The Bertz CT molecular complexity index is 995. The summed E-state index contributed by atoms with van der Waals surface area (Å²) in [6.45, 7) is 4.13. The van der Waals surface area contributed by atoms with Gasteiger partial charge in [-0.2, -0.15) is 4.31 Å². The van der Waals surface area contributed by atoms with E-state index in [-0.39, 0.29) is 13.0 Å². The summed E-state index contributed by atoms with van der Waals surface area (Å²) >= 11 is 0. The smallest absolute Gasteiger partial charge is 0.325 e. The zero-order valence-electron chi connectivity index (χ0n) is 16.5. The van der Waals surface area contributed by atoms with Gasteiger partial charge in [0.25, 0.3) is 0 Å². The Morgan fingerprint density at radius 1 is 1.10 bits per heavy atom. The Morgan fingerprint density at radius 3 is 2.28 bits per heavy atom. The van der Waals surface area contributed by atoms with Crippen LogP contribution in [-0.2, 0) is 19.6 Å². The highest BCUT2D eigenvalue weighted by Gasteiger charge is 2.37. The van der Waals surface area contributed by atoms with Crippen LogP contribution < -0.4 is 0 Å². The maximum Gasteiger partial charge on any atom is 0.325 e. The summed E-state index contributed by atoms with van der Waals surface area (Å²) in [6, 6.07) is 18.4. The van der Waals surface area contributed by atoms with E-state index in [1.807, 2.05) is 24.3 Å². The third kappa shape index (κ3) is 4.66. The van der Waals surface area contributed by atoms with E-state index in [9.17, 15) is 13.2 Å². The standard InChI is InChI=1S/C23H25NO4S/c1-3-7-22(23(25)28-2)29(26,27)24-16-14-21(15-17-24)20-12-10-19(11-13-20)18-8-5-4-6-9-18/h3-6,8-14,22H,1,7,15-17H2,2H3/t22-/m0/s1. The highest BCUT2D eigenvalue weighted by atomic mass is 32.2. The van der Waals surface area contributed by atoms with Crippen LogP contribution in [0.25, 0.3) is 16.7 Å². The number of allylic oxidation sites excluding steroid dienone is 1. The van der Waals surface area contributed by atoms with Gasteiger partial charge in [-0.1, -0.05) is 66.7 Å². The quantitative estimate of drug-likeness (QED) is 0.512. The summed E-state index contributed by atoms with van der Waals surface area (Å²) in [4.78, 5) is 11.9. The van der Waals surface area contributed by atoms with E-state index in [1.165, 1.54) is 17.5 Å². The van der Waals surface area contributed by atoms with E-state index < -0.39 is 21.2 Å². The van der Waals surface area contributed by atoms with Crippen LogP contribution in [0, 0.1) is 0 Å². The van der Waals surface area contributed by atoms with Crippen LogP contribution in [0.2, 0.25) is 0 Å². The summed E-state index contributed by atoms with van der Waals surface area (Å²) in [6.07, 6.45) is 3.97. The minimum atomic E-state index is -3.80. The molecule has 3 rings (SSSR count). The third-order valence-electron chi connectivity index (χ3n) is 5.10. The molecule has 0 unspecified atom stereocenters. The van der Waals surface area contributed by atoms with Crippen LogP contribution in [0.15, 0.2) is 73.3 Å². The van der Waals surface area contributed by atoms with Gasteiger partial charge >= 0.3 is 5.97 Å². The lowest BCUT2D eigenvalue weighted by molar-refractivity contribution is -0.140. The number of rotatable bonds is 7. The lowest BCUT2D eigenvalue weighted by Crippen LogP contribution is -2.44. The molecule has 0 radical (unpaired) electrons. The molecule has 0 amide bonds. The monoisotopic (exact) mass is 411 g/mol. The van der Waals surface area contributed by atoms with Crippen molar-refractivity contribution in [2.75, 3.05) is 20.2 Å². The van der Waals surface area contributed by atoms with Crippen molar-refractivity contribution in [1.82, 2.24) is 4.31 Å². The Kier molecular flexibility index (Phi) is 6.67. The molecule has 5 nitrogen and oxygen atoms in total. The molecular formula is C23H25NO4S. The minimum Gasteiger partial charge on any atom is -0.468 e. The van der Waals surface area contributed by atoms with Crippen LogP contribution >= 0.6 is 0 Å². The van der Waals surface area contributed by atoms with E-state index >= 15 is 0 Å². The fraction of sp³-hybridized carbons (Fsp3) is 0.261. The maximum absolute atomic E-state index is 12.9. The molecule has 0 saturated heterocycles. The van der Waals surface area contributed by atoms with Gasteiger partial charge in [0.2, 0.25) is 10.0 Å². The molecule has 29 heavy (non-hydrogen) atoms. The van der Waals surface area contributed by atoms with E-state index in [2.05, 4.69) is 47.7 Å². The predicted octanol–water partition coefficient (Wildman–Crippen LogP) is 3.89. The second kappa shape index (κ2) is 9.20. The Labute approximate surface area is 172 Å². The van der Waals surface area contributed by atoms with Gasteiger partial charge in [-0.25, -0.2) is 8.42 Å². The number of hydrogen-bond acceptors (Lipinski definition) is 4. The molecule has 0 fully saturated rings. The van der Waals surface area contributed by atoms with Gasteiger partial charge in [-0.15, -0.1) is 6.58 Å². The van der Waals surface area contributed by atoms with Crippen molar-refractivity contribution in [1.29, 1.82) is 0 Å². The summed E-state index contributed by atoms with van der Waals surface area (Å²) in [5.74, 6) is -0.754. The lowest BCUT2D eigenvalue weighted by atomic mass is 9.97. The van der Waals surface area contributed by atoms with Crippen molar-refractivity contribution in [3.8, 4) is 11.1 Å². The molecule has 0 aliphatic carbocycles. The zero-order chi connectivity index (χ0) is 20.9. The van der Waals surface area contributed by atoms with E-state index in [0.29, 0.717) is 13.0 Å². The summed E-state index contributed by atoms with van der Waals surface area (Å²) < 4.78 is 31.8. The number of benzene rings is 2. The third-order valence-corrected chi connectivity index (χ3v) is 7.25. The number of esters is 1. The highest BCUT2D eigenvalue weighted by molar-refractivity contribution is 7.90. The number of ether oxygens (including phenoxy) is 1. The second-order valence-corrected chi connectivity index (χ2v) is 8.98. The number of sulfonamides is 1. The minimum absolute atomic E-state index is 0.0308. The zero-order valence-corrected chi connectivity index (χ0v) is 17.3. The number of nitrogens with zero attached hydrogens (tertiary/aromatic N) is 1. The molecule has 6 heteroatoms. The molecule has 1 heterocycles. The van der Waals surface area contributed by atoms with Crippen molar-refractivity contribution in [2.45, 2.75) is 18.1 Å². The number of hydrogen-bond donors (Lipinski definition) is 0. The van der Waals surface area contributed by atoms with E-state index in [1.54, 1.807) is 0 Å². The summed E-state index contributed by atoms with van der Waals surface area (Å²) in [7, 11) is -2.61. The van der Waals surface area contributed by atoms with Crippen molar-refractivity contribution < 1.29 is 17.9 Å². The lowest BCUT2D eigenvalue weighted by Gasteiger charge is -2.28. The molecule has 2 aromatic rings. The van der Waals surface area contributed by atoms with Gasteiger partial charge in [0.1, 0.15) is 0 Å². The van der Waals surface area contributed by atoms with Crippen molar-refractivity contribution >= 4 is 21.6 Å². The van der Waals surface area contributed by atoms with Crippen LogP contribution in [0.3, 0.4) is 0 Å². The second-order valence-electron chi connectivity index (χ2n) is 6.86. The van der Waals surface area contributed by atoms with Crippen LogP contribution in [-0.4, -0.2) is 44.1 Å². The van der Waals surface area contributed by atoms with Gasteiger partial charge in [-0.05, 0) is 35.1 Å². The van der Waals surface area contributed by atoms with Crippen LogP contribution in [0.5, 0.6) is 0 Å². The van der Waals surface area contributed by atoms with Gasteiger partial charge in [-0.3, -0.25) is 4.79 Å². The van der Waals surface area contributed by atoms with E-state index in [0.717, 1.165) is 22.3 Å². The van der Waals surface area contributed by atoms with Crippen LogP contribution in [0.1, 0.15) is 18.4 Å². The average Bonchev–Trinajstić information content (AvgIpc) is 2.77. The van der Waals surface area contributed by atoms with Gasteiger partial charge in [0.15, 0.2) is 5.25 Å². The topological polar surface area (TPSA) is 63.7 Å².